The fraction of sp³-hybridized carbons (Fsp3) is 0.706. The third-order valence-electron chi connectivity index (χ3n) is 4.44. The highest BCUT2D eigenvalue weighted by Crippen LogP contribution is 2.14. The zero-order valence-corrected chi connectivity index (χ0v) is 15.3. The molecule has 0 radical (unpaired) electrons. The van der Waals surface area contributed by atoms with Crippen molar-refractivity contribution in [3.05, 3.63) is 22.4 Å². The molecule has 1 aliphatic rings. The molecule has 0 unspecified atom stereocenters. The van der Waals surface area contributed by atoms with Gasteiger partial charge in [0.2, 0.25) is 5.91 Å². The van der Waals surface area contributed by atoms with Gasteiger partial charge in [0.15, 0.2) is 0 Å². The van der Waals surface area contributed by atoms with E-state index in [0.29, 0.717) is 19.1 Å². The summed E-state index contributed by atoms with van der Waals surface area (Å²) in [6, 6.07) is 2.49. The maximum absolute atomic E-state index is 12.4. The van der Waals surface area contributed by atoms with Crippen LogP contribution in [0.2, 0.25) is 0 Å². The summed E-state index contributed by atoms with van der Waals surface area (Å²) < 4.78 is 0. The first-order valence-corrected chi connectivity index (χ1v) is 9.33. The van der Waals surface area contributed by atoms with Crippen molar-refractivity contribution >= 4 is 17.2 Å². The van der Waals surface area contributed by atoms with Crippen molar-refractivity contribution in [1.29, 1.82) is 0 Å². The Morgan fingerprint density at radius 1 is 1.52 bits per heavy atom. The third kappa shape index (κ3) is 5.57. The molecule has 2 heterocycles. The lowest BCUT2D eigenvalue weighted by atomic mass is 10.1. The molecule has 6 heteroatoms. The molecule has 2 rings (SSSR count). The zero-order chi connectivity index (χ0) is 16.8. The number of carbonyl (C=O) groups excluding carboxylic acids is 1. The molecule has 0 bridgehead atoms. The average molecular weight is 340 g/mol. The highest BCUT2D eigenvalue weighted by atomic mass is 32.1. The fourth-order valence-electron chi connectivity index (χ4n) is 3.12. The van der Waals surface area contributed by atoms with Crippen molar-refractivity contribution in [2.24, 2.45) is 0 Å². The topological polar surface area (TPSA) is 47.0 Å². The Balaban J connectivity index is 1.82. The van der Waals surface area contributed by atoms with E-state index in [1.165, 1.54) is 5.56 Å². The zero-order valence-electron chi connectivity index (χ0n) is 14.4. The van der Waals surface area contributed by atoms with Gasteiger partial charge in [-0.05, 0) is 35.7 Å². The van der Waals surface area contributed by atoms with Crippen molar-refractivity contribution in [1.82, 2.24) is 14.7 Å². The predicted octanol–water partition coefficient (Wildman–Crippen LogP) is 1.48. The monoisotopic (exact) mass is 339 g/mol. The number of thiophene rings is 1. The van der Waals surface area contributed by atoms with Gasteiger partial charge in [-0.2, -0.15) is 11.3 Å². The summed E-state index contributed by atoms with van der Waals surface area (Å²) in [7, 11) is 1.88. The minimum absolute atomic E-state index is 0.176. The minimum atomic E-state index is -0.297. The van der Waals surface area contributed by atoms with E-state index in [1.54, 1.807) is 11.3 Å². The van der Waals surface area contributed by atoms with Crippen molar-refractivity contribution < 1.29 is 9.90 Å². The predicted molar refractivity (Wildman–Crippen MR) is 94.6 cm³/mol. The molecule has 1 amide bonds. The van der Waals surface area contributed by atoms with E-state index in [1.807, 2.05) is 24.3 Å². The Kier molecular flexibility index (Phi) is 7.02. The number of piperazine rings is 1. The second kappa shape index (κ2) is 8.78. The third-order valence-corrected chi connectivity index (χ3v) is 5.18. The van der Waals surface area contributed by atoms with Crippen LogP contribution in [0.5, 0.6) is 0 Å². The summed E-state index contributed by atoms with van der Waals surface area (Å²) >= 11 is 1.66. The van der Waals surface area contributed by atoms with Crippen molar-refractivity contribution in [3.8, 4) is 0 Å². The average Bonchev–Trinajstić information content (AvgIpc) is 3.01. The molecule has 1 N–H and O–H groups in total. The Labute approximate surface area is 143 Å². The second-order valence-electron chi connectivity index (χ2n) is 6.52. The molecule has 0 saturated carbocycles. The molecule has 5 nitrogen and oxygen atoms in total. The van der Waals surface area contributed by atoms with Crippen molar-refractivity contribution in [3.63, 3.8) is 0 Å². The van der Waals surface area contributed by atoms with Gasteiger partial charge in [0.25, 0.3) is 0 Å². The van der Waals surface area contributed by atoms with Crippen molar-refractivity contribution in [2.75, 3.05) is 39.8 Å². The summed E-state index contributed by atoms with van der Waals surface area (Å²) in [5.41, 5.74) is 1.19. The lowest BCUT2D eigenvalue weighted by Crippen LogP contribution is -2.56. The van der Waals surface area contributed by atoms with Crippen LogP contribution in [-0.2, 0) is 11.3 Å². The Hall–Kier alpha value is -0.950. The van der Waals surface area contributed by atoms with E-state index < -0.39 is 0 Å². The Morgan fingerprint density at radius 3 is 2.91 bits per heavy atom. The number of aliphatic hydroxyl groups excluding tert-OH is 1. The van der Waals surface area contributed by atoms with Gasteiger partial charge in [-0.25, -0.2) is 0 Å². The number of hydrogen-bond donors (Lipinski definition) is 1. The molecular weight excluding hydrogens is 310 g/mol. The van der Waals surface area contributed by atoms with Crippen LogP contribution in [0.15, 0.2) is 16.8 Å². The van der Waals surface area contributed by atoms with E-state index in [0.717, 1.165) is 32.6 Å². The molecule has 130 valence electrons. The van der Waals surface area contributed by atoms with E-state index >= 15 is 0 Å². The van der Waals surface area contributed by atoms with Crippen LogP contribution in [0.3, 0.4) is 0 Å². The molecular formula is C17H29N3O2S. The number of nitrogens with zero attached hydrogens (tertiary/aromatic N) is 3. The first-order chi connectivity index (χ1) is 11.0. The summed E-state index contributed by atoms with van der Waals surface area (Å²) in [5.74, 6) is 0.176. The van der Waals surface area contributed by atoms with Crippen LogP contribution in [0.1, 0.15) is 25.8 Å². The van der Waals surface area contributed by atoms with E-state index in [9.17, 15) is 9.90 Å². The van der Waals surface area contributed by atoms with Crippen LogP contribution in [0.25, 0.3) is 0 Å². The first kappa shape index (κ1) is 18.4. The quantitative estimate of drug-likeness (QED) is 0.817. The number of aliphatic hydroxyl groups is 1. The van der Waals surface area contributed by atoms with Gasteiger partial charge in [-0.3, -0.25) is 14.6 Å². The molecule has 1 aromatic heterocycles. The molecule has 2 atom stereocenters. The van der Waals surface area contributed by atoms with E-state index in [2.05, 4.69) is 28.2 Å². The highest BCUT2D eigenvalue weighted by molar-refractivity contribution is 7.07. The van der Waals surface area contributed by atoms with E-state index in [4.69, 9.17) is 0 Å². The lowest BCUT2D eigenvalue weighted by molar-refractivity contribution is -0.132. The van der Waals surface area contributed by atoms with Gasteiger partial charge < -0.3 is 10.0 Å². The number of hydrogen-bond acceptors (Lipinski definition) is 5. The summed E-state index contributed by atoms with van der Waals surface area (Å²) in [6.45, 7) is 8.61. The smallest absolute Gasteiger partial charge is 0.236 e. The molecule has 0 aliphatic carbocycles. The number of rotatable bonds is 7. The van der Waals surface area contributed by atoms with E-state index in [-0.39, 0.29) is 12.0 Å². The molecule has 0 aromatic carbocycles. The lowest BCUT2D eigenvalue weighted by Gasteiger charge is -2.41. The summed E-state index contributed by atoms with van der Waals surface area (Å²) in [6.07, 6.45) is 0.747. The summed E-state index contributed by atoms with van der Waals surface area (Å²) in [4.78, 5) is 18.8. The highest BCUT2D eigenvalue weighted by Gasteiger charge is 2.27. The largest absolute Gasteiger partial charge is 0.392 e. The number of amides is 1. The Bertz CT molecular complexity index is 478. The molecule has 1 aliphatic heterocycles. The van der Waals surface area contributed by atoms with Crippen LogP contribution in [0, 0.1) is 0 Å². The molecule has 1 saturated heterocycles. The van der Waals surface area contributed by atoms with Crippen LogP contribution >= 0.6 is 11.3 Å². The van der Waals surface area contributed by atoms with Crippen LogP contribution in [0.4, 0.5) is 0 Å². The molecule has 1 fully saturated rings. The van der Waals surface area contributed by atoms with Crippen molar-refractivity contribution in [2.45, 2.75) is 39.0 Å². The summed E-state index contributed by atoms with van der Waals surface area (Å²) in [5, 5.41) is 13.7. The van der Waals surface area contributed by atoms with Gasteiger partial charge in [0.05, 0.1) is 12.6 Å². The molecule has 0 spiro atoms. The molecule has 23 heavy (non-hydrogen) atoms. The SMILES string of the molecule is CC[C@@H]1CN(CC(=O)N(C)Cc2ccsc2)CCN1C[C@@H](C)O. The minimum Gasteiger partial charge on any atom is -0.392 e. The number of β-amino-alcohol motifs (C(OH)–C–C–N with tert-alkyl or cyclic N) is 1. The van der Waals surface area contributed by atoms with Crippen LogP contribution in [-0.4, -0.2) is 77.6 Å². The first-order valence-electron chi connectivity index (χ1n) is 8.39. The van der Waals surface area contributed by atoms with Gasteiger partial charge in [-0.1, -0.05) is 6.92 Å². The maximum atomic E-state index is 12.4. The van der Waals surface area contributed by atoms with Gasteiger partial charge >= 0.3 is 0 Å². The number of carbonyl (C=O) groups is 1. The number of likely N-dealkylation sites (N-methyl/N-ethyl adjacent to an activating group) is 1. The normalized spacial score (nSPS) is 21.3. The van der Waals surface area contributed by atoms with Gasteiger partial charge in [0.1, 0.15) is 0 Å². The maximum Gasteiger partial charge on any atom is 0.236 e. The second-order valence-corrected chi connectivity index (χ2v) is 7.30. The van der Waals surface area contributed by atoms with Gasteiger partial charge in [0, 0.05) is 45.8 Å². The Morgan fingerprint density at radius 2 is 2.30 bits per heavy atom. The van der Waals surface area contributed by atoms with Crippen LogP contribution < -0.4 is 0 Å². The standard InChI is InChI=1S/C17H29N3O2S/c1-4-16-11-19(6-7-20(16)9-14(2)21)12-17(22)18(3)10-15-5-8-23-13-15/h5,8,13-14,16,21H,4,6-7,9-12H2,1-3H3/t14-,16-/m1/s1. The molecule has 1 aromatic rings. The fourth-order valence-corrected chi connectivity index (χ4v) is 3.78. The van der Waals surface area contributed by atoms with Gasteiger partial charge in [-0.15, -0.1) is 0 Å².